The quantitative estimate of drug-likeness (QED) is 0.617. The number of nitrogens with one attached hydrogen (secondary N) is 1. The number of likely N-dealkylation sites (N-methyl/N-ethyl adjacent to an activating group) is 1. The molecule has 2 aliphatic rings. The number of likely N-dealkylation sites (tertiary alicyclic amines) is 1. The lowest BCUT2D eigenvalue weighted by Crippen LogP contribution is -2.54. The SMILES string of the molecule is CN1C(=O)CCC(NC(=O)C2(CN)CC2)C1=O. The van der Waals surface area contributed by atoms with Crippen LogP contribution in [0.25, 0.3) is 0 Å². The standard InChI is InChI=1S/C11H17N3O3/c1-14-8(15)3-2-7(9(14)16)13-10(17)11(6-12)4-5-11/h7H,2-6,12H2,1H3,(H,13,17). The second-order valence-electron chi connectivity index (χ2n) is 4.84. The minimum Gasteiger partial charge on any atom is -0.344 e. The van der Waals surface area contributed by atoms with Crippen LogP contribution in [-0.4, -0.2) is 42.3 Å². The number of rotatable bonds is 3. The first-order chi connectivity index (χ1) is 8.00. The van der Waals surface area contributed by atoms with Crippen molar-refractivity contribution in [1.29, 1.82) is 0 Å². The van der Waals surface area contributed by atoms with Crippen molar-refractivity contribution in [2.45, 2.75) is 31.7 Å². The third kappa shape index (κ3) is 2.04. The summed E-state index contributed by atoms with van der Waals surface area (Å²) >= 11 is 0. The van der Waals surface area contributed by atoms with Crippen LogP contribution in [0.5, 0.6) is 0 Å². The van der Waals surface area contributed by atoms with Crippen LogP contribution < -0.4 is 11.1 Å². The van der Waals surface area contributed by atoms with E-state index in [0.29, 0.717) is 19.4 Å². The molecule has 1 heterocycles. The van der Waals surface area contributed by atoms with Crippen LogP contribution >= 0.6 is 0 Å². The summed E-state index contributed by atoms with van der Waals surface area (Å²) in [6.07, 6.45) is 2.24. The van der Waals surface area contributed by atoms with E-state index in [1.54, 1.807) is 0 Å². The van der Waals surface area contributed by atoms with Gasteiger partial charge in [0.2, 0.25) is 11.8 Å². The molecule has 94 valence electrons. The summed E-state index contributed by atoms with van der Waals surface area (Å²) < 4.78 is 0. The fourth-order valence-electron chi connectivity index (χ4n) is 2.04. The highest BCUT2D eigenvalue weighted by Crippen LogP contribution is 2.44. The van der Waals surface area contributed by atoms with E-state index in [-0.39, 0.29) is 17.7 Å². The van der Waals surface area contributed by atoms with Crippen molar-refractivity contribution in [2.75, 3.05) is 13.6 Å². The Kier molecular flexibility index (Phi) is 2.91. The first-order valence-electron chi connectivity index (χ1n) is 5.81. The highest BCUT2D eigenvalue weighted by atomic mass is 16.2. The van der Waals surface area contributed by atoms with Gasteiger partial charge in [-0.25, -0.2) is 0 Å². The van der Waals surface area contributed by atoms with Gasteiger partial charge in [0.05, 0.1) is 5.41 Å². The van der Waals surface area contributed by atoms with E-state index in [1.807, 2.05) is 0 Å². The largest absolute Gasteiger partial charge is 0.344 e. The maximum Gasteiger partial charge on any atom is 0.251 e. The van der Waals surface area contributed by atoms with Gasteiger partial charge < -0.3 is 11.1 Å². The minimum atomic E-state index is -0.575. The molecule has 0 radical (unpaired) electrons. The van der Waals surface area contributed by atoms with Crippen LogP contribution in [0.2, 0.25) is 0 Å². The van der Waals surface area contributed by atoms with E-state index in [1.165, 1.54) is 7.05 Å². The van der Waals surface area contributed by atoms with Gasteiger partial charge in [-0.1, -0.05) is 0 Å². The number of amides is 3. The van der Waals surface area contributed by atoms with Crippen molar-refractivity contribution >= 4 is 17.7 Å². The molecule has 0 bridgehead atoms. The molecule has 1 unspecified atom stereocenters. The zero-order valence-electron chi connectivity index (χ0n) is 9.86. The predicted octanol–water partition coefficient (Wildman–Crippen LogP) is -1.01. The third-order valence-electron chi connectivity index (χ3n) is 3.68. The molecule has 1 aliphatic heterocycles. The summed E-state index contributed by atoms with van der Waals surface area (Å²) in [6.45, 7) is 0.314. The van der Waals surface area contributed by atoms with E-state index in [9.17, 15) is 14.4 Å². The Balaban J connectivity index is 1.98. The molecule has 17 heavy (non-hydrogen) atoms. The molecule has 2 rings (SSSR count). The Labute approximate surface area is 99.5 Å². The average Bonchev–Trinajstić information content (AvgIpc) is 3.11. The molecular weight excluding hydrogens is 222 g/mol. The fourth-order valence-corrected chi connectivity index (χ4v) is 2.04. The summed E-state index contributed by atoms with van der Waals surface area (Å²) in [5.41, 5.74) is 5.09. The number of imide groups is 1. The van der Waals surface area contributed by atoms with E-state index < -0.39 is 11.5 Å². The van der Waals surface area contributed by atoms with Crippen LogP contribution in [0.1, 0.15) is 25.7 Å². The summed E-state index contributed by atoms with van der Waals surface area (Å²) in [6, 6.07) is -0.575. The average molecular weight is 239 g/mol. The van der Waals surface area contributed by atoms with E-state index in [0.717, 1.165) is 17.7 Å². The minimum absolute atomic E-state index is 0.152. The Bertz CT molecular complexity index is 376. The number of piperidine rings is 1. The van der Waals surface area contributed by atoms with Crippen LogP contribution in [0, 0.1) is 5.41 Å². The maximum absolute atomic E-state index is 11.9. The Morgan fingerprint density at radius 1 is 1.53 bits per heavy atom. The zero-order valence-corrected chi connectivity index (χ0v) is 9.86. The van der Waals surface area contributed by atoms with Gasteiger partial charge in [0.1, 0.15) is 6.04 Å². The molecule has 1 atom stereocenters. The van der Waals surface area contributed by atoms with Crippen molar-refractivity contribution in [3.63, 3.8) is 0 Å². The summed E-state index contributed by atoms with van der Waals surface area (Å²) in [4.78, 5) is 36.0. The zero-order chi connectivity index (χ0) is 12.6. The molecule has 3 N–H and O–H groups in total. The maximum atomic E-state index is 11.9. The van der Waals surface area contributed by atoms with Crippen molar-refractivity contribution in [3.8, 4) is 0 Å². The van der Waals surface area contributed by atoms with Gasteiger partial charge in [0, 0.05) is 20.0 Å². The lowest BCUT2D eigenvalue weighted by atomic mass is 10.0. The number of hydrogen-bond donors (Lipinski definition) is 2. The third-order valence-corrected chi connectivity index (χ3v) is 3.68. The molecule has 6 heteroatoms. The van der Waals surface area contributed by atoms with Gasteiger partial charge in [-0.3, -0.25) is 19.3 Å². The first-order valence-corrected chi connectivity index (χ1v) is 5.81. The van der Waals surface area contributed by atoms with Crippen molar-refractivity contribution in [2.24, 2.45) is 11.1 Å². The molecule has 1 saturated carbocycles. The highest BCUT2D eigenvalue weighted by Gasteiger charge is 2.49. The normalized spacial score (nSPS) is 26.9. The van der Waals surface area contributed by atoms with Crippen LogP contribution in [-0.2, 0) is 14.4 Å². The van der Waals surface area contributed by atoms with Crippen LogP contribution in [0.15, 0.2) is 0 Å². The lowest BCUT2D eigenvalue weighted by Gasteiger charge is -2.29. The Morgan fingerprint density at radius 3 is 2.71 bits per heavy atom. The molecular formula is C11H17N3O3. The van der Waals surface area contributed by atoms with Gasteiger partial charge in [0.15, 0.2) is 0 Å². The lowest BCUT2D eigenvalue weighted by molar-refractivity contribution is -0.149. The number of hydrogen-bond acceptors (Lipinski definition) is 4. The second kappa shape index (κ2) is 4.10. The molecule has 3 amide bonds. The van der Waals surface area contributed by atoms with Gasteiger partial charge in [-0.15, -0.1) is 0 Å². The van der Waals surface area contributed by atoms with Crippen molar-refractivity contribution in [3.05, 3.63) is 0 Å². The van der Waals surface area contributed by atoms with Crippen molar-refractivity contribution in [1.82, 2.24) is 10.2 Å². The number of carbonyl (C=O) groups excluding carboxylic acids is 3. The fraction of sp³-hybridized carbons (Fsp3) is 0.727. The second-order valence-corrected chi connectivity index (χ2v) is 4.84. The smallest absolute Gasteiger partial charge is 0.251 e. The van der Waals surface area contributed by atoms with Gasteiger partial charge in [0.25, 0.3) is 5.91 Å². The molecule has 0 spiro atoms. The van der Waals surface area contributed by atoms with Crippen molar-refractivity contribution < 1.29 is 14.4 Å². The molecule has 0 aromatic rings. The molecule has 0 aromatic heterocycles. The van der Waals surface area contributed by atoms with Crippen LogP contribution in [0.3, 0.4) is 0 Å². The number of nitrogens with zero attached hydrogens (tertiary/aromatic N) is 1. The monoisotopic (exact) mass is 239 g/mol. The molecule has 6 nitrogen and oxygen atoms in total. The summed E-state index contributed by atoms with van der Waals surface area (Å²) in [5, 5.41) is 2.71. The molecule has 1 aliphatic carbocycles. The summed E-state index contributed by atoms with van der Waals surface area (Å²) in [7, 11) is 1.44. The summed E-state index contributed by atoms with van der Waals surface area (Å²) in [5.74, 6) is -0.677. The van der Waals surface area contributed by atoms with E-state index in [2.05, 4.69) is 5.32 Å². The van der Waals surface area contributed by atoms with Gasteiger partial charge >= 0.3 is 0 Å². The first kappa shape index (κ1) is 12.0. The Hall–Kier alpha value is -1.43. The number of nitrogens with two attached hydrogens (primary N) is 1. The number of carbonyl (C=O) groups is 3. The Morgan fingerprint density at radius 2 is 2.18 bits per heavy atom. The topological polar surface area (TPSA) is 92.5 Å². The predicted molar refractivity (Wildman–Crippen MR) is 59.7 cm³/mol. The highest BCUT2D eigenvalue weighted by molar-refractivity contribution is 6.02. The van der Waals surface area contributed by atoms with Crippen LogP contribution in [0.4, 0.5) is 0 Å². The van der Waals surface area contributed by atoms with E-state index in [4.69, 9.17) is 5.73 Å². The molecule has 1 saturated heterocycles. The van der Waals surface area contributed by atoms with Gasteiger partial charge in [-0.05, 0) is 19.3 Å². The molecule has 0 aromatic carbocycles. The molecule has 2 fully saturated rings. The van der Waals surface area contributed by atoms with Gasteiger partial charge in [-0.2, -0.15) is 0 Å². The van der Waals surface area contributed by atoms with E-state index >= 15 is 0 Å².